The topological polar surface area (TPSA) is 6.48 Å². The van der Waals surface area contributed by atoms with Crippen molar-refractivity contribution >= 4 is 23.1 Å². The van der Waals surface area contributed by atoms with Gasteiger partial charge in [0.15, 0.2) is 0 Å². The maximum atomic E-state index is 2.58. The molecule has 1 aromatic heterocycles. The normalized spacial score (nSPS) is 18.5. The lowest BCUT2D eigenvalue weighted by Crippen LogP contribution is -2.43. The highest BCUT2D eigenvalue weighted by atomic mass is 32.1. The van der Waals surface area contributed by atoms with Gasteiger partial charge in [0.2, 0.25) is 0 Å². The Morgan fingerprint density at radius 2 is 1.82 bits per heavy atom. The number of aryl methyl sites for hydroxylation is 1. The molecule has 22 heavy (non-hydrogen) atoms. The zero-order valence-electron chi connectivity index (χ0n) is 13.3. The third-order valence-corrected chi connectivity index (χ3v) is 5.80. The van der Waals surface area contributed by atoms with Crippen molar-refractivity contribution in [2.24, 2.45) is 0 Å². The number of rotatable bonds is 1. The molecule has 114 valence electrons. The average Bonchev–Trinajstić information content (AvgIpc) is 2.80. The van der Waals surface area contributed by atoms with Crippen LogP contribution < -0.4 is 0 Å². The lowest BCUT2D eigenvalue weighted by molar-refractivity contribution is 0.208. The molecule has 0 atom stereocenters. The summed E-state index contributed by atoms with van der Waals surface area (Å²) in [7, 11) is 2.22. The second-order valence-corrected chi connectivity index (χ2v) is 7.73. The van der Waals surface area contributed by atoms with E-state index in [9.17, 15) is 0 Å². The lowest BCUT2D eigenvalue weighted by atomic mass is 10.1. The summed E-state index contributed by atoms with van der Waals surface area (Å²) in [5, 5.41) is 0. The van der Waals surface area contributed by atoms with Crippen LogP contribution in [-0.4, -0.2) is 43.0 Å². The second-order valence-electron chi connectivity index (χ2n) is 6.39. The van der Waals surface area contributed by atoms with Gasteiger partial charge < -0.3 is 9.80 Å². The number of likely N-dealkylation sites (N-methyl/N-ethyl adjacent to an activating group) is 1. The van der Waals surface area contributed by atoms with Gasteiger partial charge in [-0.3, -0.25) is 0 Å². The maximum absolute atomic E-state index is 2.58. The fourth-order valence-electron chi connectivity index (χ4n) is 3.45. The van der Waals surface area contributed by atoms with Gasteiger partial charge in [0.25, 0.3) is 0 Å². The van der Waals surface area contributed by atoms with Gasteiger partial charge in [-0.05, 0) is 37.2 Å². The van der Waals surface area contributed by atoms with E-state index in [0.717, 1.165) is 32.6 Å². The van der Waals surface area contributed by atoms with Crippen molar-refractivity contribution in [1.29, 1.82) is 0 Å². The zero-order valence-corrected chi connectivity index (χ0v) is 14.1. The van der Waals surface area contributed by atoms with Crippen LogP contribution in [0.15, 0.2) is 30.3 Å². The molecule has 0 unspecified atom stereocenters. The average molecular weight is 310 g/mol. The van der Waals surface area contributed by atoms with Crippen molar-refractivity contribution in [2.75, 3.05) is 33.2 Å². The molecule has 2 nitrogen and oxygen atoms in total. The Morgan fingerprint density at radius 1 is 1.05 bits per heavy atom. The number of hydrogen-bond acceptors (Lipinski definition) is 3. The van der Waals surface area contributed by atoms with E-state index in [4.69, 9.17) is 0 Å². The highest BCUT2D eigenvalue weighted by Gasteiger charge is 2.23. The fourth-order valence-corrected chi connectivity index (χ4v) is 4.52. The van der Waals surface area contributed by atoms with Crippen LogP contribution in [0.5, 0.6) is 0 Å². The van der Waals surface area contributed by atoms with E-state index in [1.165, 1.54) is 32.1 Å². The summed E-state index contributed by atoms with van der Waals surface area (Å²) in [5.74, 6) is 0. The maximum Gasteiger partial charge on any atom is 0.0458 e. The van der Waals surface area contributed by atoms with E-state index in [1.807, 2.05) is 11.3 Å². The molecule has 3 heteroatoms. The van der Waals surface area contributed by atoms with Crippen LogP contribution in [0.4, 0.5) is 0 Å². The van der Waals surface area contributed by atoms with Crippen LogP contribution in [0, 0.1) is 6.92 Å². The third-order valence-electron chi connectivity index (χ3n) is 4.75. The summed E-state index contributed by atoms with van der Waals surface area (Å²) in [5.41, 5.74) is 5.73. The predicted octanol–water partition coefficient (Wildman–Crippen LogP) is 3.71. The Hall–Kier alpha value is -1.58. The van der Waals surface area contributed by atoms with Gasteiger partial charge in [-0.25, -0.2) is 0 Å². The highest BCUT2D eigenvalue weighted by Crippen LogP contribution is 2.37. The largest absolute Gasteiger partial charge is 0.368 e. The molecular formula is C19H22N2S. The first kappa shape index (κ1) is 14.0. The van der Waals surface area contributed by atoms with Gasteiger partial charge in [0.1, 0.15) is 0 Å². The van der Waals surface area contributed by atoms with E-state index >= 15 is 0 Å². The lowest BCUT2D eigenvalue weighted by Gasteiger charge is -2.35. The molecular weight excluding hydrogens is 288 g/mol. The molecule has 0 radical (unpaired) electrons. The molecule has 0 saturated carbocycles. The standard InChI is InChI=1S/C19H22N2S/c1-14-11-17-18(21-9-7-20(2)8-10-21)12-15-5-3-4-6-16(15)13-19(17)22-14/h3-6,11-12H,7-10,13H2,1-2H3. The van der Waals surface area contributed by atoms with E-state index in [1.54, 1.807) is 0 Å². The molecule has 0 amide bonds. The van der Waals surface area contributed by atoms with Crippen molar-refractivity contribution in [2.45, 2.75) is 13.3 Å². The van der Waals surface area contributed by atoms with E-state index in [0.29, 0.717) is 0 Å². The van der Waals surface area contributed by atoms with Gasteiger partial charge in [-0.2, -0.15) is 0 Å². The quantitative estimate of drug-likeness (QED) is 0.792. The Morgan fingerprint density at radius 3 is 2.64 bits per heavy atom. The summed E-state index contributed by atoms with van der Waals surface area (Å²) in [4.78, 5) is 7.94. The van der Waals surface area contributed by atoms with Crippen molar-refractivity contribution in [3.63, 3.8) is 0 Å². The first-order valence-electron chi connectivity index (χ1n) is 8.03. The molecule has 0 N–H and O–H groups in total. The minimum Gasteiger partial charge on any atom is -0.368 e. The first-order valence-corrected chi connectivity index (χ1v) is 8.85. The minimum atomic E-state index is 1.07. The molecule has 4 rings (SSSR count). The molecule has 2 aromatic rings. The summed E-state index contributed by atoms with van der Waals surface area (Å²) in [6.45, 7) is 6.78. The number of fused-ring (bicyclic) bond motifs is 2. The Balaban J connectivity index is 1.81. The molecule has 2 heterocycles. The first-order chi connectivity index (χ1) is 10.7. The summed E-state index contributed by atoms with van der Waals surface area (Å²) < 4.78 is 0. The molecule has 1 aliphatic heterocycles. The van der Waals surface area contributed by atoms with Gasteiger partial charge in [-0.15, -0.1) is 11.3 Å². The molecule has 1 aliphatic carbocycles. The fraction of sp³-hybridized carbons (Fsp3) is 0.368. The van der Waals surface area contributed by atoms with Crippen LogP contribution in [0.3, 0.4) is 0 Å². The molecule has 0 spiro atoms. The van der Waals surface area contributed by atoms with Crippen LogP contribution >= 0.6 is 11.3 Å². The molecule has 2 aliphatic rings. The van der Waals surface area contributed by atoms with Crippen LogP contribution in [0.1, 0.15) is 26.4 Å². The molecule has 1 saturated heterocycles. The smallest absolute Gasteiger partial charge is 0.0458 e. The number of nitrogens with zero attached hydrogens (tertiary/aromatic N) is 2. The predicted molar refractivity (Wildman–Crippen MR) is 95.2 cm³/mol. The highest BCUT2D eigenvalue weighted by molar-refractivity contribution is 7.12. The molecule has 1 fully saturated rings. The summed E-state index contributed by atoms with van der Waals surface area (Å²) in [6, 6.07) is 11.2. The number of benzene rings is 1. The number of thiophene rings is 1. The van der Waals surface area contributed by atoms with Gasteiger partial charge in [-0.1, -0.05) is 24.3 Å². The van der Waals surface area contributed by atoms with Crippen LogP contribution in [0.25, 0.3) is 11.8 Å². The van der Waals surface area contributed by atoms with Gasteiger partial charge in [0.05, 0.1) is 0 Å². The molecule has 0 bridgehead atoms. The van der Waals surface area contributed by atoms with Crippen LogP contribution in [0.2, 0.25) is 0 Å². The Kier molecular flexibility index (Phi) is 3.55. The Bertz CT molecular complexity index is 721. The van der Waals surface area contributed by atoms with E-state index in [-0.39, 0.29) is 0 Å². The Labute approximate surface area is 136 Å². The van der Waals surface area contributed by atoms with Crippen molar-refractivity contribution in [1.82, 2.24) is 9.80 Å². The number of hydrogen-bond donors (Lipinski definition) is 0. The van der Waals surface area contributed by atoms with E-state index < -0.39 is 0 Å². The van der Waals surface area contributed by atoms with Crippen LogP contribution in [-0.2, 0) is 6.42 Å². The van der Waals surface area contributed by atoms with Crippen molar-refractivity contribution < 1.29 is 0 Å². The SMILES string of the molecule is Cc1cc2c(s1)Cc1ccccc1C=C2N1CCN(C)CC1. The van der Waals surface area contributed by atoms with Gasteiger partial charge in [0, 0.05) is 53.6 Å². The zero-order chi connectivity index (χ0) is 15.1. The summed E-state index contributed by atoms with van der Waals surface area (Å²) >= 11 is 1.96. The van der Waals surface area contributed by atoms with Gasteiger partial charge >= 0.3 is 0 Å². The second kappa shape index (κ2) is 5.56. The molecule has 1 aromatic carbocycles. The van der Waals surface area contributed by atoms with Crippen molar-refractivity contribution in [3.8, 4) is 0 Å². The monoisotopic (exact) mass is 310 g/mol. The van der Waals surface area contributed by atoms with E-state index in [2.05, 4.69) is 60.2 Å². The minimum absolute atomic E-state index is 1.07. The third kappa shape index (κ3) is 2.49. The number of piperazine rings is 1. The summed E-state index contributed by atoms with van der Waals surface area (Å²) in [6.07, 6.45) is 3.48. The van der Waals surface area contributed by atoms with Crippen molar-refractivity contribution in [3.05, 3.63) is 56.8 Å².